The highest BCUT2D eigenvalue weighted by molar-refractivity contribution is 5.71. The van der Waals surface area contributed by atoms with Crippen LogP contribution in [-0.4, -0.2) is 37.2 Å². The van der Waals surface area contributed by atoms with Crippen LogP contribution in [0.4, 0.5) is 0 Å². The Morgan fingerprint density at radius 3 is 0.812 bits per heavy atom. The Bertz CT molecular complexity index is 995. The van der Waals surface area contributed by atoms with E-state index in [0.717, 1.165) is 75.5 Å². The minimum atomic E-state index is -0.764. The fourth-order valence-corrected chi connectivity index (χ4v) is 8.76. The van der Waals surface area contributed by atoms with Crippen LogP contribution in [0.5, 0.6) is 0 Å². The van der Waals surface area contributed by atoms with Gasteiger partial charge in [0.25, 0.3) is 0 Å². The fourth-order valence-electron chi connectivity index (χ4n) is 8.76. The first-order valence-electron chi connectivity index (χ1n) is 28.7. The van der Waals surface area contributed by atoms with Crippen molar-refractivity contribution in [2.45, 2.75) is 324 Å². The van der Waals surface area contributed by atoms with Crippen molar-refractivity contribution in [2.24, 2.45) is 17.8 Å². The number of carbonyl (C=O) groups excluding carboxylic acids is 3. The molecule has 0 bridgehead atoms. The highest BCUT2D eigenvalue weighted by Crippen LogP contribution is 2.19. The molecule has 0 spiro atoms. The van der Waals surface area contributed by atoms with Gasteiger partial charge < -0.3 is 14.2 Å². The zero-order chi connectivity index (χ0) is 47.0. The Morgan fingerprint density at radius 2 is 0.547 bits per heavy atom. The summed E-state index contributed by atoms with van der Waals surface area (Å²) in [5.41, 5.74) is 0. The van der Waals surface area contributed by atoms with E-state index in [9.17, 15) is 14.4 Å². The summed E-state index contributed by atoms with van der Waals surface area (Å²) in [5, 5.41) is 0. The van der Waals surface area contributed by atoms with Gasteiger partial charge in [0, 0.05) is 19.3 Å². The quantitative estimate of drug-likeness (QED) is 0.0344. The molecule has 0 aliphatic carbocycles. The zero-order valence-corrected chi connectivity index (χ0v) is 44.1. The summed E-state index contributed by atoms with van der Waals surface area (Å²) in [6, 6.07) is 0. The van der Waals surface area contributed by atoms with Crippen molar-refractivity contribution in [3.05, 3.63) is 0 Å². The first-order chi connectivity index (χ1) is 31.2. The predicted molar refractivity (Wildman–Crippen MR) is 275 cm³/mol. The minimum Gasteiger partial charge on any atom is -0.462 e. The lowest BCUT2D eigenvalue weighted by Gasteiger charge is -2.18. The van der Waals surface area contributed by atoms with E-state index in [1.54, 1.807) is 0 Å². The molecule has 0 radical (unpaired) electrons. The molecule has 0 fully saturated rings. The SMILES string of the molecule is CCC(C)CCCCCCCCCCCCCCCCC(=O)O[C@@H](COC(=O)CCCCCCCCCCCCCCCC(C)C)COC(=O)CCCCCCCCCCC(C)CC. The summed E-state index contributed by atoms with van der Waals surface area (Å²) < 4.78 is 16.9. The lowest BCUT2D eigenvalue weighted by molar-refractivity contribution is -0.167. The van der Waals surface area contributed by atoms with Gasteiger partial charge in [-0.1, -0.05) is 279 Å². The Morgan fingerprint density at radius 1 is 0.312 bits per heavy atom. The summed E-state index contributed by atoms with van der Waals surface area (Å²) in [7, 11) is 0. The number of hydrogen-bond donors (Lipinski definition) is 0. The van der Waals surface area contributed by atoms with E-state index in [0.29, 0.717) is 19.3 Å². The molecule has 0 rings (SSSR count). The normalized spacial score (nSPS) is 13.0. The van der Waals surface area contributed by atoms with Crippen LogP contribution in [0.3, 0.4) is 0 Å². The van der Waals surface area contributed by atoms with Crippen molar-refractivity contribution in [3.63, 3.8) is 0 Å². The Balaban J connectivity index is 4.30. The molecule has 0 aliphatic rings. The van der Waals surface area contributed by atoms with Gasteiger partial charge in [-0.05, 0) is 37.0 Å². The molecular weight excluding hydrogens is 793 g/mol. The van der Waals surface area contributed by atoms with Crippen LogP contribution in [-0.2, 0) is 28.6 Å². The van der Waals surface area contributed by atoms with Crippen molar-refractivity contribution >= 4 is 17.9 Å². The molecule has 0 saturated carbocycles. The Kier molecular flexibility index (Phi) is 48.1. The van der Waals surface area contributed by atoms with E-state index < -0.39 is 6.10 Å². The maximum atomic E-state index is 12.8. The Hall–Kier alpha value is -1.59. The van der Waals surface area contributed by atoms with Crippen molar-refractivity contribution in [3.8, 4) is 0 Å². The lowest BCUT2D eigenvalue weighted by Crippen LogP contribution is -2.30. The minimum absolute atomic E-state index is 0.0639. The van der Waals surface area contributed by atoms with Crippen LogP contribution in [0.1, 0.15) is 318 Å². The number of ether oxygens (including phenoxy) is 3. The fraction of sp³-hybridized carbons (Fsp3) is 0.948. The van der Waals surface area contributed by atoms with Gasteiger partial charge in [-0.15, -0.1) is 0 Å². The largest absolute Gasteiger partial charge is 0.462 e. The molecule has 6 heteroatoms. The number of hydrogen-bond acceptors (Lipinski definition) is 6. The number of esters is 3. The van der Waals surface area contributed by atoms with E-state index in [1.807, 2.05) is 0 Å². The molecule has 0 amide bonds. The molecule has 0 aromatic heterocycles. The van der Waals surface area contributed by atoms with Gasteiger partial charge in [0.1, 0.15) is 13.2 Å². The first kappa shape index (κ1) is 62.4. The summed E-state index contributed by atoms with van der Waals surface area (Å²) >= 11 is 0. The number of unbranched alkanes of at least 4 members (excludes halogenated alkanes) is 32. The van der Waals surface area contributed by atoms with Crippen LogP contribution >= 0.6 is 0 Å². The second-order valence-corrected chi connectivity index (χ2v) is 20.9. The molecule has 6 nitrogen and oxygen atoms in total. The van der Waals surface area contributed by atoms with E-state index in [1.165, 1.54) is 199 Å². The van der Waals surface area contributed by atoms with Crippen LogP contribution in [0.15, 0.2) is 0 Å². The van der Waals surface area contributed by atoms with Gasteiger partial charge in [-0.2, -0.15) is 0 Å². The third-order valence-electron chi connectivity index (χ3n) is 13.9. The average molecular weight is 906 g/mol. The van der Waals surface area contributed by atoms with Gasteiger partial charge in [0.2, 0.25) is 0 Å². The lowest BCUT2D eigenvalue weighted by atomic mass is 9.99. The molecule has 0 aromatic rings. The van der Waals surface area contributed by atoms with Crippen LogP contribution in [0.25, 0.3) is 0 Å². The van der Waals surface area contributed by atoms with E-state index >= 15 is 0 Å². The zero-order valence-electron chi connectivity index (χ0n) is 44.1. The molecule has 380 valence electrons. The van der Waals surface area contributed by atoms with Crippen molar-refractivity contribution in [1.29, 1.82) is 0 Å². The highest BCUT2D eigenvalue weighted by atomic mass is 16.6. The summed E-state index contributed by atoms with van der Waals surface area (Å²) in [5.74, 6) is 1.74. The topological polar surface area (TPSA) is 78.9 Å². The third-order valence-corrected chi connectivity index (χ3v) is 13.9. The van der Waals surface area contributed by atoms with Gasteiger partial charge in [-0.3, -0.25) is 14.4 Å². The van der Waals surface area contributed by atoms with Crippen LogP contribution < -0.4 is 0 Å². The maximum Gasteiger partial charge on any atom is 0.306 e. The van der Waals surface area contributed by atoms with Gasteiger partial charge in [-0.25, -0.2) is 0 Å². The van der Waals surface area contributed by atoms with Crippen LogP contribution in [0, 0.1) is 17.8 Å². The molecule has 2 unspecified atom stereocenters. The summed E-state index contributed by atoms with van der Waals surface area (Å²) in [4.78, 5) is 38.1. The Labute approximate surface area is 399 Å². The van der Waals surface area contributed by atoms with Gasteiger partial charge in [0.15, 0.2) is 6.10 Å². The van der Waals surface area contributed by atoms with Crippen molar-refractivity contribution in [2.75, 3.05) is 13.2 Å². The first-order valence-corrected chi connectivity index (χ1v) is 28.7. The van der Waals surface area contributed by atoms with Gasteiger partial charge in [0.05, 0.1) is 0 Å². The summed E-state index contributed by atoms with van der Waals surface area (Å²) in [6.45, 7) is 13.8. The second-order valence-electron chi connectivity index (χ2n) is 20.9. The number of rotatable bonds is 51. The molecule has 0 aliphatic heterocycles. The van der Waals surface area contributed by atoms with Crippen molar-refractivity contribution in [1.82, 2.24) is 0 Å². The second kappa shape index (κ2) is 49.3. The van der Waals surface area contributed by atoms with Gasteiger partial charge >= 0.3 is 17.9 Å². The van der Waals surface area contributed by atoms with Crippen molar-refractivity contribution < 1.29 is 28.6 Å². The highest BCUT2D eigenvalue weighted by Gasteiger charge is 2.19. The molecule has 64 heavy (non-hydrogen) atoms. The smallest absolute Gasteiger partial charge is 0.306 e. The molecule has 0 aromatic carbocycles. The van der Waals surface area contributed by atoms with E-state index in [-0.39, 0.29) is 31.1 Å². The predicted octanol–water partition coefficient (Wildman–Crippen LogP) is 18.7. The monoisotopic (exact) mass is 905 g/mol. The standard InChI is InChI=1S/C58H112O6/c1-7-53(5)45-39-33-27-21-17-13-9-10-14-19-23-31-37-43-49-58(61)64-55(51-63-57(60)48-42-36-30-25-24-28-34-40-46-54(6)8-2)50-62-56(59)47-41-35-29-22-18-15-11-12-16-20-26-32-38-44-52(3)4/h52-55H,7-51H2,1-6H3/t53?,54?,55-/m0/s1. The maximum absolute atomic E-state index is 12.8. The summed E-state index contributed by atoms with van der Waals surface area (Å²) in [6.07, 6.45) is 50.8. The van der Waals surface area contributed by atoms with E-state index in [4.69, 9.17) is 14.2 Å². The van der Waals surface area contributed by atoms with Crippen LogP contribution in [0.2, 0.25) is 0 Å². The van der Waals surface area contributed by atoms with E-state index in [2.05, 4.69) is 41.5 Å². The molecule has 0 N–H and O–H groups in total. The molecule has 3 atom stereocenters. The molecule has 0 saturated heterocycles. The number of carbonyl (C=O) groups is 3. The third kappa shape index (κ3) is 48.3. The molecular formula is C58H112O6. The average Bonchev–Trinajstić information content (AvgIpc) is 3.28. The molecule has 0 heterocycles.